The number of nitrogens with one attached hydrogen (secondary N) is 1. The summed E-state index contributed by atoms with van der Waals surface area (Å²) >= 11 is 0. The van der Waals surface area contributed by atoms with E-state index in [1.165, 1.54) is 18.2 Å². The molecule has 0 saturated carbocycles. The van der Waals surface area contributed by atoms with Crippen LogP contribution < -0.4 is 15.8 Å². The Morgan fingerprint density at radius 1 is 1.27 bits per heavy atom. The molecule has 0 aliphatic heterocycles. The van der Waals surface area contributed by atoms with Gasteiger partial charge in [-0.25, -0.2) is 13.8 Å². The maximum Gasteiger partial charge on any atom is 0.270 e. The Morgan fingerprint density at radius 2 is 1.90 bits per heavy atom. The number of fused-ring (bicyclic) bond motifs is 1. The normalized spacial score (nSPS) is 11.3. The highest BCUT2D eigenvalue weighted by Gasteiger charge is 2.21. The second-order valence-electron chi connectivity index (χ2n) is 7.78. The number of carbonyl (C=O) groups excluding carboxylic acids is 1. The van der Waals surface area contributed by atoms with Gasteiger partial charge in [0.15, 0.2) is 11.4 Å². The third-order valence-electron chi connectivity index (χ3n) is 4.35. The summed E-state index contributed by atoms with van der Waals surface area (Å²) in [6, 6.07) is 5.36. The molecular formula is C21H25ClF2N4O2. The van der Waals surface area contributed by atoms with E-state index in [-0.39, 0.29) is 30.5 Å². The van der Waals surface area contributed by atoms with Crippen LogP contribution in [0.25, 0.3) is 5.65 Å². The molecule has 3 N–H and O–H groups in total. The van der Waals surface area contributed by atoms with Gasteiger partial charge in [0.1, 0.15) is 23.9 Å². The number of aromatic nitrogens is 2. The van der Waals surface area contributed by atoms with Gasteiger partial charge in [0.05, 0.1) is 11.3 Å². The monoisotopic (exact) mass is 438 g/mol. The second kappa shape index (κ2) is 8.97. The molecule has 0 aliphatic carbocycles. The van der Waals surface area contributed by atoms with E-state index in [1.54, 1.807) is 23.6 Å². The molecule has 162 valence electrons. The molecule has 0 aliphatic rings. The standard InChI is InChI=1S/C21H24F2N4O2.ClH/c1-12-8-17(29-10-14-15(22)6-5-7-16(14)23)19-26-13(2)18(27(19)9-12)20(28)25-11-21(3,4)24;/h5-9H,10-11,24H2,1-4H3,(H,25,28);1H. The van der Waals surface area contributed by atoms with Crippen LogP contribution in [0.5, 0.6) is 5.75 Å². The lowest BCUT2D eigenvalue weighted by Crippen LogP contribution is -2.45. The van der Waals surface area contributed by atoms with Crippen LogP contribution in [0.15, 0.2) is 30.5 Å². The zero-order valence-electron chi connectivity index (χ0n) is 17.3. The molecule has 0 bridgehead atoms. The van der Waals surface area contributed by atoms with Crippen LogP contribution in [0.1, 0.15) is 41.2 Å². The van der Waals surface area contributed by atoms with Crippen molar-refractivity contribution in [2.24, 2.45) is 5.73 Å². The lowest BCUT2D eigenvalue weighted by molar-refractivity contribution is 0.0939. The van der Waals surface area contributed by atoms with E-state index >= 15 is 0 Å². The van der Waals surface area contributed by atoms with Gasteiger partial charge in [-0.15, -0.1) is 12.4 Å². The van der Waals surface area contributed by atoms with Gasteiger partial charge in [0.25, 0.3) is 5.91 Å². The molecule has 30 heavy (non-hydrogen) atoms. The number of nitrogens with two attached hydrogens (primary N) is 1. The molecule has 1 amide bonds. The van der Waals surface area contributed by atoms with Gasteiger partial charge in [-0.05, 0) is 51.5 Å². The number of ether oxygens (including phenoxy) is 1. The summed E-state index contributed by atoms with van der Waals surface area (Å²) in [7, 11) is 0. The number of nitrogens with zero attached hydrogens (tertiary/aromatic N) is 2. The predicted octanol–water partition coefficient (Wildman–Crippen LogP) is 3.70. The fourth-order valence-corrected chi connectivity index (χ4v) is 2.95. The highest BCUT2D eigenvalue weighted by molar-refractivity contribution is 5.95. The minimum absolute atomic E-state index is 0. The Bertz CT molecular complexity index is 1060. The highest BCUT2D eigenvalue weighted by Crippen LogP contribution is 2.26. The molecule has 0 radical (unpaired) electrons. The Balaban J connectivity index is 0.00000320. The number of imidazole rings is 1. The van der Waals surface area contributed by atoms with Crippen molar-refractivity contribution < 1.29 is 18.3 Å². The molecule has 2 aromatic heterocycles. The van der Waals surface area contributed by atoms with Crippen molar-refractivity contribution in [3.8, 4) is 5.75 Å². The van der Waals surface area contributed by atoms with Gasteiger partial charge in [0.2, 0.25) is 0 Å². The van der Waals surface area contributed by atoms with Crippen molar-refractivity contribution in [1.29, 1.82) is 0 Å². The molecular weight excluding hydrogens is 414 g/mol. The van der Waals surface area contributed by atoms with E-state index in [1.807, 2.05) is 20.8 Å². The summed E-state index contributed by atoms with van der Waals surface area (Å²) in [5, 5.41) is 2.80. The number of hydrogen-bond acceptors (Lipinski definition) is 4. The first-order valence-electron chi connectivity index (χ1n) is 9.19. The van der Waals surface area contributed by atoms with Crippen molar-refractivity contribution in [1.82, 2.24) is 14.7 Å². The van der Waals surface area contributed by atoms with Crippen LogP contribution in [-0.2, 0) is 6.61 Å². The Labute approximate surface area is 179 Å². The van der Waals surface area contributed by atoms with Crippen LogP contribution in [0.3, 0.4) is 0 Å². The maximum atomic E-state index is 13.9. The van der Waals surface area contributed by atoms with E-state index in [0.29, 0.717) is 29.3 Å². The van der Waals surface area contributed by atoms with Crippen LogP contribution in [0.4, 0.5) is 8.78 Å². The quantitative estimate of drug-likeness (QED) is 0.615. The fraction of sp³-hybridized carbons (Fsp3) is 0.333. The number of hydrogen-bond donors (Lipinski definition) is 2. The summed E-state index contributed by atoms with van der Waals surface area (Å²) in [6.07, 6.45) is 1.76. The van der Waals surface area contributed by atoms with E-state index in [4.69, 9.17) is 10.5 Å². The molecule has 0 saturated heterocycles. The van der Waals surface area contributed by atoms with Gasteiger partial charge >= 0.3 is 0 Å². The molecule has 2 heterocycles. The smallest absolute Gasteiger partial charge is 0.270 e. The molecule has 1 aromatic carbocycles. The van der Waals surface area contributed by atoms with Crippen LogP contribution in [0.2, 0.25) is 0 Å². The Hall–Kier alpha value is -2.71. The largest absolute Gasteiger partial charge is 0.485 e. The lowest BCUT2D eigenvalue weighted by atomic mass is 10.1. The summed E-state index contributed by atoms with van der Waals surface area (Å²) in [4.78, 5) is 17.1. The van der Waals surface area contributed by atoms with Crippen molar-refractivity contribution in [2.45, 2.75) is 39.8 Å². The van der Waals surface area contributed by atoms with Crippen LogP contribution in [-0.4, -0.2) is 27.4 Å². The van der Waals surface area contributed by atoms with E-state index < -0.39 is 17.2 Å². The first-order chi connectivity index (χ1) is 13.6. The summed E-state index contributed by atoms with van der Waals surface area (Å²) < 4.78 is 35.1. The summed E-state index contributed by atoms with van der Waals surface area (Å²) in [5.41, 5.74) is 7.26. The van der Waals surface area contributed by atoms with Crippen molar-refractivity contribution in [3.05, 3.63) is 64.6 Å². The van der Waals surface area contributed by atoms with Gasteiger partial charge in [0, 0.05) is 18.3 Å². The molecule has 0 fully saturated rings. The first kappa shape index (κ1) is 23.6. The topological polar surface area (TPSA) is 81.6 Å². The number of rotatable bonds is 6. The lowest BCUT2D eigenvalue weighted by Gasteiger charge is -2.19. The molecule has 0 unspecified atom stereocenters. The maximum absolute atomic E-state index is 13.9. The highest BCUT2D eigenvalue weighted by atomic mass is 35.5. The zero-order chi connectivity index (χ0) is 21.3. The number of halogens is 3. The molecule has 3 aromatic rings. The second-order valence-corrected chi connectivity index (χ2v) is 7.78. The van der Waals surface area contributed by atoms with Gasteiger partial charge in [-0.2, -0.15) is 0 Å². The Kier molecular flexibility index (Phi) is 7.05. The van der Waals surface area contributed by atoms with E-state index in [9.17, 15) is 13.6 Å². The third-order valence-corrected chi connectivity index (χ3v) is 4.35. The molecule has 9 heteroatoms. The van der Waals surface area contributed by atoms with Crippen molar-refractivity contribution in [2.75, 3.05) is 6.54 Å². The minimum Gasteiger partial charge on any atom is -0.485 e. The van der Waals surface area contributed by atoms with Crippen molar-refractivity contribution >= 4 is 24.0 Å². The van der Waals surface area contributed by atoms with Crippen molar-refractivity contribution in [3.63, 3.8) is 0 Å². The average Bonchev–Trinajstić information content (AvgIpc) is 2.94. The Morgan fingerprint density at radius 3 is 2.50 bits per heavy atom. The van der Waals surface area contributed by atoms with Gasteiger partial charge in [-0.1, -0.05) is 6.07 Å². The van der Waals surface area contributed by atoms with Crippen LogP contribution in [0, 0.1) is 25.5 Å². The predicted molar refractivity (Wildman–Crippen MR) is 113 cm³/mol. The van der Waals surface area contributed by atoms with Gasteiger partial charge < -0.3 is 15.8 Å². The fourth-order valence-electron chi connectivity index (χ4n) is 2.95. The SMILES string of the molecule is Cc1cc(OCc2c(F)cccc2F)c2nc(C)c(C(=O)NCC(C)(C)N)n2c1.Cl. The number of aryl methyl sites for hydroxylation is 2. The third kappa shape index (κ3) is 5.06. The molecule has 6 nitrogen and oxygen atoms in total. The van der Waals surface area contributed by atoms with Gasteiger partial charge in [-0.3, -0.25) is 9.20 Å². The number of amides is 1. The van der Waals surface area contributed by atoms with E-state index in [2.05, 4.69) is 10.3 Å². The number of benzene rings is 1. The minimum atomic E-state index is -0.683. The molecule has 3 rings (SSSR count). The van der Waals surface area contributed by atoms with Crippen LogP contribution >= 0.6 is 12.4 Å². The molecule has 0 atom stereocenters. The first-order valence-corrected chi connectivity index (χ1v) is 9.19. The average molecular weight is 439 g/mol. The number of pyridine rings is 1. The number of carbonyl (C=O) groups is 1. The van der Waals surface area contributed by atoms with E-state index in [0.717, 1.165) is 5.56 Å². The zero-order valence-corrected chi connectivity index (χ0v) is 18.1. The summed E-state index contributed by atoms with van der Waals surface area (Å²) in [6.45, 7) is 7.16. The summed E-state index contributed by atoms with van der Waals surface area (Å²) in [5.74, 6) is -1.35. The molecule has 0 spiro atoms.